The second kappa shape index (κ2) is 14.2. The Morgan fingerprint density at radius 2 is 1.29 bits per heavy atom. The van der Waals surface area contributed by atoms with Crippen molar-refractivity contribution in [1.82, 2.24) is 0 Å². The molecule has 0 aromatic carbocycles. The Hall–Kier alpha value is -1.19. The molecule has 0 heterocycles. The maximum atomic E-state index is 12.9. The largest absolute Gasteiger partial charge is 0.465 e. The molecule has 0 amide bonds. The van der Waals surface area contributed by atoms with Crippen molar-refractivity contribution in [1.29, 1.82) is 0 Å². The summed E-state index contributed by atoms with van der Waals surface area (Å²) >= 11 is 0. The summed E-state index contributed by atoms with van der Waals surface area (Å²) in [5.74, 6) is -2.07. The van der Waals surface area contributed by atoms with Crippen LogP contribution in [0.5, 0.6) is 0 Å². The minimum absolute atomic E-state index is 0.00713. The summed E-state index contributed by atoms with van der Waals surface area (Å²) in [7, 11) is 0. The summed E-state index contributed by atoms with van der Waals surface area (Å²) in [4.78, 5) is 37.7. The Morgan fingerprint density at radius 1 is 0.750 bits per heavy atom. The summed E-state index contributed by atoms with van der Waals surface area (Å²) in [6.07, 6.45) is 7.82. The molecule has 0 radical (unpaired) electrons. The first kappa shape index (κ1) is 22.8. The number of esters is 1. The van der Waals surface area contributed by atoms with Gasteiger partial charge in [-0.2, -0.15) is 0 Å². The van der Waals surface area contributed by atoms with Gasteiger partial charge in [0.05, 0.1) is 12.5 Å². The predicted molar refractivity (Wildman–Crippen MR) is 96.8 cm³/mol. The fourth-order valence-corrected chi connectivity index (χ4v) is 2.86. The molecule has 0 rings (SSSR count). The van der Waals surface area contributed by atoms with Gasteiger partial charge in [-0.25, -0.2) is 0 Å². The summed E-state index contributed by atoms with van der Waals surface area (Å²) < 4.78 is 5.08. The number of rotatable bonds is 15. The average Bonchev–Trinajstić information content (AvgIpc) is 2.56. The van der Waals surface area contributed by atoms with E-state index >= 15 is 0 Å². The maximum Gasteiger partial charge on any atom is 0.316 e. The zero-order chi connectivity index (χ0) is 18.4. The second-order valence-electron chi connectivity index (χ2n) is 6.47. The van der Waals surface area contributed by atoms with Crippen LogP contribution in [0.4, 0.5) is 0 Å². The van der Waals surface area contributed by atoms with Gasteiger partial charge in [0.2, 0.25) is 0 Å². The van der Waals surface area contributed by atoms with Crippen LogP contribution in [0.3, 0.4) is 0 Å². The third-order valence-electron chi connectivity index (χ3n) is 4.37. The molecule has 0 aliphatic rings. The average molecular weight is 341 g/mol. The number of carbonyl (C=O) groups excluding carboxylic acids is 3. The van der Waals surface area contributed by atoms with Crippen molar-refractivity contribution in [3.05, 3.63) is 0 Å². The number of carbonyl (C=O) groups is 3. The topological polar surface area (TPSA) is 60.4 Å². The zero-order valence-corrected chi connectivity index (χ0v) is 16.1. The first-order chi connectivity index (χ1) is 11.5. The molecular weight excluding hydrogens is 304 g/mol. The van der Waals surface area contributed by atoms with Crippen LogP contribution in [0.25, 0.3) is 0 Å². The van der Waals surface area contributed by atoms with E-state index in [-0.39, 0.29) is 18.2 Å². The van der Waals surface area contributed by atoms with Crippen LogP contribution in [0.1, 0.15) is 91.9 Å². The van der Waals surface area contributed by atoms with Crippen LogP contribution in [-0.4, -0.2) is 24.1 Å². The lowest BCUT2D eigenvalue weighted by atomic mass is 9.82. The smallest absolute Gasteiger partial charge is 0.316 e. The van der Waals surface area contributed by atoms with E-state index in [1.54, 1.807) is 6.92 Å². The molecule has 2 atom stereocenters. The molecule has 4 heteroatoms. The Morgan fingerprint density at radius 3 is 1.79 bits per heavy atom. The molecular formula is C20H36O4. The van der Waals surface area contributed by atoms with Crippen molar-refractivity contribution in [2.45, 2.75) is 91.9 Å². The summed E-state index contributed by atoms with van der Waals surface area (Å²) in [6, 6.07) is 0. The van der Waals surface area contributed by atoms with Crippen molar-refractivity contribution >= 4 is 17.5 Å². The summed E-state index contributed by atoms with van der Waals surface area (Å²) in [5.41, 5.74) is 0. The molecule has 0 bridgehead atoms. The second-order valence-corrected chi connectivity index (χ2v) is 6.47. The molecule has 4 nitrogen and oxygen atoms in total. The molecule has 0 aromatic rings. The minimum atomic E-state index is -0.776. The Kier molecular flexibility index (Phi) is 13.5. The van der Waals surface area contributed by atoms with Gasteiger partial charge in [-0.1, -0.05) is 59.3 Å². The van der Waals surface area contributed by atoms with E-state index in [1.165, 1.54) is 0 Å². The Labute approximate surface area is 147 Å². The molecule has 0 aromatic heterocycles. The van der Waals surface area contributed by atoms with Crippen LogP contribution < -0.4 is 0 Å². The molecule has 0 fully saturated rings. The van der Waals surface area contributed by atoms with Gasteiger partial charge < -0.3 is 4.74 Å². The number of hydrogen-bond donors (Lipinski definition) is 0. The molecule has 0 unspecified atom stereocenters. The highest BCUT2D eigenvalue weighted by Crippen LogP contribution is 2.23. The van der Waals surface area contributed by atoms with Crippen molar-refractivity contribution in [2.24, 2.45) is 11.8 Å². The van der Waals surface area contributed by atoms with Gasteiger partial charge in [0, 0.05) is 6.42 Å². The van der Waals surface area contributed by atoms with Gasteiger partial charge in [0.25, 0.3) is 0 Å². The highest BCUT2D eigenvalue weighted by molar-refractivity contribution is 6.10. The van der Waals surface area contributed by atoms with Crippen LogP contribution in [0.15, 0.2) is 0 Å². The lowest BCUT2D eigenvalue weighted by Crippen LogP contribution is -2.35. The van der Waals surface area contributed by atoms with Crippen molar-refractivity contribution < 1.29 is 19.1 Å². The molecule has 0 N–H and O–H groups in total. The first-order valence-corrected chi connectivity index (χ1v) is 9.76. The maximum absolute atomic E-state index is 12.9. The molecule has 0 aliphatic heterocycles. The van der Waals surface area contributed by atoms with Gasteiger partial charge in [0.1, 0.15) is 11.7 Å². The van der Waals surface area contributed by atoms with Crippen molar-refractivity contribution in [3.63, 3.8) is 0 Å². The van der Waals surface area contributed by atoms with Crippen LogP contribution in [-0.2, 0) is 19.1 Å². The summed E-state index contributed by atoms with van der Waals surface area (Å²) in [5, 5.41) is 0. The van der Waals surface area contributed by atoms with E-state index in [1.807, 2.05) is 13.8 Å². The van der Waals surface area contributed by atoms with Crippen LogP contribution in [0.2, 0.25) is 0 Å². The van der Waals surface area contributed by atoms with E-state index in [0.717, 1.165) is 44.9 Å². The standard InChI is InChI=1S/C20H36O4/c1-5-9-12-15-18(21)16(13-10-6-2)19(22)17(14-11-7-3)20(23)24-8-4/h16-17H,5-15H2,1-4H3/t16-,17-/m1/s1. The van der Waals surface area contributed by atoms with E-state index in [2.05, 4.69) is 6.92 Å². The molecule has 0 saturated carbocycles. The molecule has 0 spiro atoms. The van der Waals surface area contributed by atoms with Gasteiger partial charge in [0.15, 0.2) is 5.78 Å². The molecule has 24 heavy (non-hydrogen) atoms. The van der Waals surface area contributed by atoms with Crippen LogP contribution >= 0.6 is 0 Å². The molecule has 0 saturated heterocycles. The van der Waals surface area contributed by atoms with Crippen molar-refractivity contribution in [3.8, 4) is 0 Å². The Bertz CT molecular complexity index is 376. The number of unbranched alkanes of at least 4 members (excludes halogenated alkanes) is 4. The van der Waals surface area contributed by atoms with E-state index in [0.29, 0.717) is 19.3 Å². The predicted octanol–water partition coefficient (Wildman–Crippen LogP) is 4.88. The minimum Gasteiger partial charge on any atom is -0.465 e. The van der Waals surface area contributed by atoms with Gasteiger partial charge in [-0.05, 0) is 26.2 Å². The Balaban J connectivity index is 5.10. The number of hydrogen-bond acceptors (Lipinski definition) is 4. The number of ketones is 2. The highest BCUT2D eigenvalue weighted by atomic mass is 16.5. The lowest BCUT2D eigenvalue weighted by Gasteiger charge is -2.20. The van der Waals surface area contributed by atoms with Crippen LogP contribution in [0, 0.1) is 11.8 Å². The van der Waals surface area contributed by atoms with Crippen molar-refractivity contribution in [2.75, 3.05) is 6.61 Å². The number of Topliss-reactive ketones (excluding diaryl/α,β-unsaturated/α-hetero) is 2. The van der Waals surface area contributed by atoms with E-state index < -0.39 is 17.8 Å². The number of ether oxygens (including phenoxy) is 1. The fraction of sp³-hybridized carbons (Fsp3) is 0.850. The quantitative estimate of drug-likeness (QED) is 0.242. The van der Waals surface area contributed by atoms with E-state index in [9.17, 15) is 14.4 Å². The fourth-order valence-electron chi connectivity index (χ4n) is 2.86. The monoisotopic (exact) mass is 340 g/mol. The zero-order valence-electron chi connectivity index (χ0n) is 16.1. The highest BCUT2D eigenvalue weighted by Gasteiger charge is 2.35. The van der Waals surface area contributed by atoms with Gasteiger partial charge in [-0.15, -0.1) is 0 Å². The van der Waals surface area contributed by atoms with Gasteiger partial charge >= 0.3 is 5.97 Å². The normalized spacial score (nSPS) is 13.3. The van der Waals surface area contributed by atoms with Gasteiger partial charge in [-0.3, -0.25) is 14.4 Å². The first-order valence-electron chi connectivity index (χ1n) is 9.76. The lowest BCUT2D eigenvalue weighted by molar-refractivity contribution is -0.153. The molecule has 140 valence electrons. The molecule has 0 aliphatic carbocycles. The SMILES string of the molecule is CCCCCC(=O)[C@@H](CCCC)C(=O)[C@@H](CCCC)C(=O)OCC. The third kappa shape index (κ3) is 8.60. The van der Waals surface area contributed by atoms with E-state index in [4.69, 9.17) is 4.74 Å². The summed E-state index contributed by atoms with van der Waals surface area (Å²) in [6.45, 7) is 8.16. The third-order valence-corrected chi connectivity index (χ3v) is 4.37.